The molecule has 2 N–H and O–H groups in total. The minimum absolute atomic E-state index is 0.0692. The van der Waals surface area contributed by atoms with Crippen LogP contribution >= 0.6 is 0 Å². The number of imide groups is 1. The lowest BCUT2D eigenvalue weighted by Gasteiger charge is -2.30. The quantitative estimate of drug-likeness (QED) is 0.699. The summed E-state index contributed by atoms with van der Waals surface area (Å²) in [5.74, 6) is 0.214. The first kappa shape index (κ1) is 19.0. The molecule has 152 valence electrons. The predicted molar refractivity (Wildman–Crippen MR) is 102 cm³/mol. The minimum Gasteiger partial charge on any atom is -0.352 e. The number of carbonyl (C=O) groups is 3. The van der Waals surface area contributed by atoms with E-state index in [9.17, 15) is 14.4 Å². The Hall–Kier alpha value is -3.30. The zero-order valence-electron chi connectivity index (χ0n) is 16.0. The van der Waals surface area contributed by atoms with Gasteiger partial charge in [-0.2, -0.15) is 5.10 Å². The van der Waals surface area contributed by atoms with Gasteiger partial charge in [0.25, 0.3) is 5.91 Å². The molecule has 4 amide bonds. The van der Waals surface area contributed by atoms with Crippen molar-refractivity contribution in [3.05, 3.63) is 36.5 Å². The van der Waals surface area contributed by atoms with E-state index in [-0.39, 0.29) is 24.8 Å². The van der Waals surface area contributed by atoms with E-state index >= 15 is 0 Å². The minimum atomic E-state index is -0.747. The third-order valence-corrected chi connectivity index (χ3v) is 5.47. The number of urea groups is 1. The standard InChI is InChI=1S/C19H23N7O3/c27-16(22-11-14-4-5-15(21-10-14)26-13-20-12-23-26)6-9-25-17(28)19(24-18(25)29)7-2-1-3-8-19/h4-5,10,12-13H,1-3,6-9,11H2,(H,22,27)(H,24,29). The van der Waals surface area contributed by atoms with Crippen molar-refractivity contribution in [3.8, 4) is 5.82 Å². The molecule has 10 nitrogen and oxygen atoms in total. The molecule has 0 aromatic carbocycles. The summed E-state index contributed by atoms with van der Waals surface area (Å²) < 4.78 is 1.54. The van der Waals surface area contributed by atoms with Crippen LogP contribution in [-0.4, -0.2) is 54.6 Å². The van der Waals surface area contributed by atoms with E-state index in [1.807, 2.05) is 6.07 Å². The highest BCUT2D eigenvalue weighted by atomic mass is 16.2. The summed E-state index contributed by atoms with van der Waals surface area (Å²) in [5.41, 5.74) is 0.0851. The van der Waals surface area contributed by atoms with Crippen molar-refractivity contribution in [1.29, 1.82) is 0 Å². The van der Waals surface area contributed by atoms with Gasteiger partial charge in [0.15, 0.2) is 5.82 Å². The molecule has 10 heteroatoms. The number of aromatic nitrogens is 4. The van der Waals surface area contributed by atoms with Gasteiger partial charge in [-0.1, -0.05) is 25.3 Å². The van der Waals surface area contributed by atoms with Crippen LogP contribution in [0.1, 0.15) is 44.1 Å². The number of hydrogen-bond acceptors (Lipinski definition) is 6. The summed E-state index contributed by atoms with van der Waals surface area (Å²) in [6.07, 6.45) is 9.02. The number of nitrogens with one attached hydrogen (secondary N) is 2. The maximum atomic E-state index is 12.7. The van der Waals surface area contributed by atoms with Crippen LogP contribution in [0.5, 0.6) is 0 Å². The van der Waals surface area contributed by atoms with E-state index in [0.29, 0.717) is 25.2 Å². The molecule has 1 saturated heterocycles. The van der Waals surface area contributed by atoms with E-state index in [0.717, 1.165) is 24.8 Å². The van der Waals surface area contributed by atoms with E-state index in [2.05, 4.69) is 25.7 Å². The monoisotopic (exact) mass is 397 g/mol. The van der Waals surface area contributed by atoms with Gasteiger partial charge in [0.2, 0.25) is 5.91 Å². The Kier molecular flexibility index (Phi) is 5.24. The molecule has 1 saturated carbocycles. The van der Waals surface area contributed by atoms with Crippen molar-refractivity contribution >= 4 is 17.8 Å². The van der Waals surface area contributed by atoms with Crippen molar-refractivity contribution in [2.45, 2.75) is 50.6 Å². The number of amides is 4. The number of pyridine rings is 1. The van der Waals surface area contributed by atoms with Crippen LogP contribution in [0.15, 0.2) is 31.0 Å². The average molecular weight is 397 g/mol. The Bertz CT molecular complexity index is 889. The third kappa shape index (κ3) is 3.96. The van der Waals surface area contributed by atoms with E-state index in [1.165, 1.54) is 11.2 Å². The molecule has 2 aromatic rings. The molecule has 29 heavy (non-hydrogen) atoms. The van der Waals surface area contributed by atoms with Gasteiger partial charge >= 0.3 is 6.03 Å². The molecule has 4 rings (SSSR count). The second-order valence-corrected chi connectivity index (χ2v) is 7.42. The first-order valence-electron chi connectivity index (χ1n) is 9.78. The molecule has 2 fully saturated rings. The molecular formula is C19H23N7O3. The van der Waals surface area contributed by atoms with Crippen molar-refractivity contribution < 1.29 is 14.4 Å². The summed E-state index contributed by atoms with van der Waals surface area (Å²) in [5, 5.41) is 9.65. The van der Waals surface area contributed by atoms with Crippen LogP contribution in [0.4, 0.5) is 4.79 Å². The van der Waals surface area contributed by atoms with Gasteiger partial charge in [0.1, 0.15) is 18.2 Å². The van der Waals surface area contributed by atoms with Crippen LogP contribution < -0.4 is 10.6 Å². The molecule has 0 bridgehead atoms. The van der Waals surface area contributed by atoms with Crippen LogP contribution in [0.3, 0.4) is 0 Å². The topological polar surface area (TPSA) is 122 Å². The van der Waals surface area contributed by atoms with Crippen LogP contribution in [0, 0.1) is 0 Å². The Labute approximate surface area is 167 Å². The molecule has 1 aliphatic heterocycles. The molecule has 0 radical (unpaired) electrons. The Morgan fingerprint density at radius 1 is 1.21 bits per heavy atom. The molecule has 0 atom stereocenters. The van der Waals surface area contributed by atoms with Gasteiger partial charge in [0.05, 0.1) is 0 Å². The summed E-state index contributed by atoms with van der Waals surface area (Å²) in [6, 6.07) is 3.24. The smallest absolute Gasteiger partial charge is 0.325 e. The molecular weight excluding hydrogens is 374 g/mol. The second-order valence-electron chi connectivity index (χ2n) is 7.42. The SMILES string of the molecule is O=C(CCN1C(=O)NC2(CCCCC2)C1=O)NCc1ccc(-n2cncn2)nc1. The molecule has 2 aromatic heterocycles. The number of rotatable bonds is 6. The molecule has 3 heterocycles. The predicted octanol–water partition coefficient (Wildman–Crippen LogP) is 0.923. The summed E-state index contributed by atoms with van der Waals surface area (Å²) in [4.78, 5) is 46.4. The van der Waals surface area contributed by atoms with Crippen molar-refractivity contribution in [2.24, 2.45) is 0 Å². The fourth-order valence-electron chi connectivity index (χ4n) is 3.86. The average Bonchev–Trinajstić information content (AvgIpc) is 3.34. The van der Waals surface area contributed by atoms with Crippen molar-refractivity contribution in [2.75, 3.05) is 6.54 Å². The summed E-state index contributed by atoms with van der Waals surface area (Å²) in [6.45, 7) is 0.398. The lowest BCUT2D eigenvalue weighted by Crippen LogP contribution is -2.48. The van der Waals surface area contributed by atoms with Crippen LogP contribution in [-0.2, 0) is 16.1 Å². The number of carbonyl (C=O) groups excluding carboxylic acids is 3. The van der Waals surface area contributed by atoms with Crippen molar-refractivity contribution in [1.82, 2.24) is 35.3 Å². The molecule has 0 unspecified atom stereocenters. The van der Waals surface area contributed by atoms with Crippen LogP contribution in [0.25, 0.3) is 5.82 Å². The van der Waals surface area contributed by atoms with Gasteiger partial charge in [-0.3, -0.25) is 14.5 Å². The maximum Gasteiger partial charge on any atom is 0.325 e. The number of hydrogen-bond donors (Lipinski definition) is 2. The fraction of sp³-hybridized carbons (Fsp3) is 0.474. The van der Waals surface area contributed by atoms with Gasteiger partial charge in [-0.15, -0.1) is 0 Å². The highest BCUT2D eigenvalue weighted by Gasteiger charge is 2.50. The van der Waals surface area contributed by atoms with E-state index in [1.54, 1.807) is 23.3 Å². The van der Waals surface area contributed by atoms with E-state index < -0.39 is 11.6 Å². The second kappa shape index (κ2) is 7.98. The fourth-order valence-corrected chi connectivity index (χ4v) is 3.86. The Balaban J connectivity index is 1.26. The molecule has 1 spiro atoms. The van der Waals surface area contributed by atoms with Gasteiger partial charge in [0, 0.05) is 25.7 Å². The first-order chi connectivity index (χ1) is 14.1. The van der Waals surface area contributed by atoms with Gasteiger partial charge in [-0.05, 0) is 24.5 Å². The Morgan fingerprint density at radius 2 is 2.03 bits per heavy atom. The highest BCUT2D eigenvalue weighted by molar-refractivity contribution is 6.07. The first-order valence-corrected chi connectivity index (χ1v) is 9.78. The summed E-state index contributed by atoms with van der Waals surface area (Å²) >= 11 is 0. The maximum absolute atomic E-state index is 12.7. The Morgan fingerprint density at radius 3 is 2.72 bits per heavy atom. The van der Waals surface area contributed by atoms with Gasteiger partial charge in [-0.25, -0.2) is 19.4 Å². The van der Waals surface area contributed by atoms with E-state index in [4.69, 9.17) is 0 Å². The molecule has 2 aliphatic rings. The largest absolute Gasteiger partial charge is 0.352 e. The number of nitrogens with zero attached hydrogens (tertiary/aromatic N) is 5. The van der Waals surface area contributed by atoms with Crippen molar-refractivity contribution in [3.63, 3.8) is 0 Å². The third-order valence-electron chi connectivity index (χ3n) is 5.47. The molecule has 1 aliphatic carbocycles. The van der Waals surface area contributed by atoms with Gasteiger partial charge < -0.3 is 10.6 Å². The lowest BCUT2D eigenvalue weighted by molar-refractivity contribution is -0.132. The lowest BCUT2D eigenvalue weighted by atomic mass is 9.82. The highest BCUT2D eigenvalue weighted by Crippen LogP contribution is 2.33. The normalized spacial score (nSPS) is 18.1. The zero-order valence-corrected chi connectivity index (χ0v) is 16.0. The van der Waals surface area contributed by atoms with Crippen LogP contribution in [0.2, 0.25) is 0 Å². The zero-order chi connectivity index (χ0) is 20.3. The summed E-state index contributed by atoms with van der Waals surface area (Å²) in [7, 11) is 0.